The van der Waals surface area contributed by atoms with Crippen LogP contribution in [0.2, 0.25) is 0 Å². The highest BCUT2D eigenvalue weighted by Gasteiger charge is 2.13. The second-order valence-corrected chi connectivity index (χ2v) is 5.88. The quantitative estimate of drug-likeness (QED) is 0.902. The van der Waals surface area contributed by atoms with Gasteiger partial charge in [0, 0.05) is 24.9 Å². The van der Waals surface area contributed by atoms with Crippen LogP contribution in [-0.2, 0) is 16.4 Å². The van der Waals surface area contributed by atoms with Gasteiger partial charge in [-0.05, 0) is 30.3 Å². The van der Waals surface area contributed by atoms with Crippen LogP contribution in [0.15, 0.2) is 53.6 Å². The molecule has 20 heavy (non-hydrogen) atoms. The molecule has 0 saturated carbocycles. The van der Waals surface area contributed by atoms with Crippen molar-refractivity contribution in [2.75, 3.05) is 6.54 Å². The molecule has 5 nitrogen and oxygen atoms in total. The molecule has 0 saturated heterocycles. The predicted octanol–water partition coefficient (Wildman–Crippen LogP) is 1.47. The van der Waals surface area contributed by atoms with Crippen molar-refractivity contribution in [3.05, 3.63) is 59.9 Å². The van der Waals surface area contributed by atoms with E-state index in [0.717, 1.165) is 5.69 Å². The average molecular weight is 287 g/mol. The van der Waals surface area contributed by atoms with Crippen LogP contribution in [0.1, 0.15) is 11.3 Å². The maximum Gasteiger partial charge on any atom is 0.240 e. The molecule has 0 fully saturated rings. The van der Waals surface area contributed by atoms with Crippen LogP contribution in [0, 0.1) is 11.3 Å². The fourth-order valence-electron chi connectivity index (χ4n) is 1.68. The summed E-state index contributed by atoms with van der Waals surface area (Å²) in [6, 6.07) is 13.3. The number of aromatic nitrogens is 1. The van der Waals surface area contributed by atoms with Crippen LogP contribution >= 0.6 is 0 Å². The monoisotopic (exact) mass is 287 g/mol. The van der Waals surface area contributed by atoms with Crippen LogP contribution in [0.3, 0.4) is 0 Å². The Labute approximate surface area is 118 Å². The number of pyridine rings is 1. The lowest BCUT2D eigenvalue weighted by molar-refractivity contribution is 0.581. The molecule has 2 aromatic rings. The standard InChI is InChI=1S/C14H13N3O2S/c15-11-12-4-3-6-14(10-12)20(18,19)17-9-7-13-5-1-2-8-16-13/h1-6,8,10,17H,7,9H2. The third-order valence-corrected chi connectivity index (χ3v) is 4.13. The zero-order valence-corrected chi connectivity index (χ0v) is 11.5. The molecule has 0 spiro atoms. The van der Waals surface area contributed by atoms with Crippen molar-refractivity contribution in [3.63, 3.8) is 0 Å². The highest BCUT2D eigenvalue weighted by molar-refractivity contribution is 7.89. The van der Waals surface area contributed by atoms with Crippen LogP contribution in [-0.4, -0.2) is 19.9 Å². The SMILES string of the molecule is N#Cc1cccc(S(=O)(=O)NCCc2ccccn2)c1. The van der Waals surface area contributed by atoms with E-state index in [1.165, 1.54) is 12.1 Å². The van der Waals surface area contributed by atoms with Crippen molar-refractivity contribution in [3.8, 4) is 6.07 Å². The molecule has 1 N–H and O–H groups in total. The summed E-state index contributed by atoms with van der Waals surface area (Å²) < 4.78 is 26.6. The number of benzene rings is 1. The molecule has 1 aromatic carbocycles. The first-order valence-corrected chi connectivity index (χ1v) is 7.50. The van der Waals surface area contributed by atoms with Gasteiger partial charge in [0.2, 0.25) is 10.0 Å². The molecule has 0 amide bonds. The molecule has 102 valence electrons. The first-order valence-electron chi connectivity index (χ1n) is 6.01. The van der Waals surface area contributed by atoms with E-state index in [9.17, 15) is 8.42 Å². The predicted molar refractivity (Wildman–Crippen MR) is 74.3 cm³/mol. The van der Waals surface area contributed by atoms with Gasteiger partial charge in [0.25, 0.3) is 0 Å². The third kappa shape index (κ3) is 3.63. The molecule has 0 unspecified atom stereocenters. The average Bonchev–Trinajstić information content (AvgIpc) is 2.48. The minimum Gasteiger partial charge on any atom is -0.261 e. The van der Waals surface area contributed by atoms with E-state index < -0.39 is 10.0 Å². The molecule has 0 atom stereocenters. The Morgan fingerprint density at radius 2 is 2.05 bits per heavy atom. The lowest BCUT2D eigenvalue weighted by atomic mass is 10.2. The molecule has 6 heteroatoms. The Morgan fingerprint density at radius 1 is 1.20 bits per heavy atom. The summed E-state index contributed by atoms with van der Waals surface area (Å²) in [6.45, 7) is 0.260. The molecular weight excluding hydrogens is 274 g/mol. The Bertz CT molecular complexity index is 722. The molecule has 2 rings (SSSR count). The first kappa shape index (κ1) is 14.2. The highest BCUT2D eigenvalue weighted by atomic mass is 32.2. The number of rotatable bonds is 5. The van der Waals surface area contributed by atoms with Crippen molar-refractivity contribution < 1.29 is 8.42 Å². The maximum absolute atomic E-state index is 12.0. The number of nitriles is 1. The third-order valence-electron chi connectivity index (χ3n) is 2.67. The van der Waals surface area contributed by atoms with E-state index in [1.807, 2.05) is 18.2 Å². The summed E-state index contributed by atoms with van der Waals surface area (Å²) in [5.41, 5.74) is 1.14. The van der Waals surface area contributed by atoms with Crippen molar-refractivity contribution in [1.82, 2.24) is 9.71 Å². The van der Waals surface area contributed by atoms with Crippen LogP contribution in [0.5, 0.6) is 0 Å². The van der Waals surface area contributed by atoms with Crippen molar-refractivity contribution >= 4 is 10.0 Å². The molecule has 0 aliphatic carbocycles. The number of nitrogens with one attached hydrogen (secondary N) is 1. The summed E-state index contributed by atoms with van der Waals surface area (Å²) in [7, 11) is -3.59. The van der Waals surface area contributed by atoms with E-state index in [4.69, 9.17) is 5.26 Å². The van der Waals surface area contributed by atoms with Crippen molar-refractivity contribution in [1.29, 1.82) is 5.26 Å². The lowest BCUT2D eigenvalue weighted by Crippen LogP contribution is -2.26. The topological polar surface area (TPSA) is 82.8 Å². The molecule has 0 bridgehead atoms. The number of hydrogen-bond donors (Lipinski definition) is 1. The number of hydrogen-bond acceptors (Lipinski definition) is 4. The highest BCUT2D eigenvalue weighted by Crippen LogP contribution is 2.10. The van der Waals surface area contributed by atoms with Gasteiger partial charge in [0.15, 0.2) is 0 Å². The van der Waals surface area contributed by atoms with E-state index >= 15 is 0 Å². The molecule has 0 aliphatic rings. The van der Waals surface area contributed by atoms with Gasteiger partial charge >= 0.3 is 0 Å². The van der Waals surface area contributed by atoms with Crippen LogP contribution in [0.4, 0.5) is 0 Å². The summed E-state index contributed by atoms with van der Waals surface area (Å²) in [4.78, 5) is 4.22. The summed E-state index contributed by atoms with van der Waals surface area (Å²) in [6.07, 6.45) is 2.18. The Balaban J connectivity index is 2.02. The Morgan fingerprint density at radius 3 is 2.75 bits per heavy atom. The second-order valence-electron chi connectivity index (χ2n) is 4.11. The molecule has 1 heterocycles. The maximum atomic E-state index is 12.0. The van der Waals surface area contributed by atoms with Gasteiger partial charge in [-0.2, -0.15) is 5.26 Å². The van der Waals surface area contributed by atoms with Gasteiger partial charge in [-0.3, -0.25) is 4.98 Å². The summed E-state index contributed by atoms with van der Waals surface area (Å²) in [5, 5.41) is 8.78. The first-order chi connectivity index (χ1) is 9.62. The van der Waals surface area contributed by atoms with Gasteiger partial charge in [-0.1, -0.05) is 12.1 Å². The minimum absolute atomic E-state index is 0.0950. The summed E-state index contributed by atoms with van der Waals surface area (Å²) in [5.74, 6) is 0. The minimum atomic E-state index is -3.59. The van der Waals surface area contributed by atoms with E-state index in [1.54, 1.807) is 24.4 Å². The van der Waals surface area contributed by atoms with E-state index in [2.05, 4.69) is 9.71 Å². The van der Waals surface area contributed by atoms with E-state index in [-0.39, 0.29) is 11.4 Å². The fourth-order valence-corrected chi connectivity index (χ4v) is 2.75. The molecule has 1 aromatic heterocycles. The van der Waals surface area contributed by atoms with Gasteiger partial charge in [0.05, 0.1) is 16.5 Å². The number of nitrogens with zero attached hydrogens (tertiary/aromatic N) is 2. The second kappa shape index (κ2) is 6.28. The van der Waals surface area contributed by atoms with Crippen LogP contribution < -0.4 is 4.72 Å². The van der Waals surface area contributed by atoms with Gasteiger partial charge in [-0.25, -0.2) is 13.1 Å². The largest absolute Gasteiger partial charge is 0.261 e. The fraction of sp³-hybridized carbons (Fsp3) is 0.143. The van der Waals surface area contributed by atoms with Crippen molar-refractivity contribution in [2.24, 2.45) is 0 Å². The van der Waals surface area contributed by atoms with Gasteiger partial charge < -0.3 is 0 Å². The van der Waals surface area contributed by atoms with Crippen molar-refractivity contribution in [2.45, 2.75) is 11.3 Å². The van der Waals surface area contributed by atoms with Gasteiger partial charge in [0.1, 0.15) is 0 Å². The smallest absolute Gasteiger partial charge is 0.240 e. The lowest BCUT2D eigenvalue weighted by Gasteiger charge is -2.06. The Kier molecular flexibility index (Phi) is 4.45. The normalized spacial score (nSPS) is 10.9. The zero-order valence-electron chi connectivity index (χ0n) is 10.7. The number of sulfonamides is 1. The molecular formula is C14H13N3O2S. The van der Waals surface area contributed by atoms with E-state index in [0.29, 0.717) is 12.0 Å². The Hall–Kier alpha value is -2.23. The van der Waals surface area contributed by atoms with Crippen LogP contribution in [0.25, 0.3) is 0 Å². The molecule has 0 radical (unpaired) electrons. The summed E-state index contributed by atoms with van der Waals surface area (Å²) >= 11 is 0. The molecule has 0 aliphatic heterocycles. The zero-order chi connectivity index (χ0) is 14.4. The van der Waals surface area contributed by atoms with Gasteiger partial charge in [-0.15, -0.1) is 0 Å².